The Morgan fingerprint density at radius 1 is 1.12 bits per heavy atom. The molecule has 0 spiro atoms. The summed E-state index contributed by atoms with van der Waals surface area (Å²) in [6.07, 6.45) is 0.889. The van der Waals surface area contributed by atoms with E-state index in [1.54, 1.807) is 24.3 Å². The van der Waals surface area contributed by atoms with Crippen LogP contribution >= 0.6 is 15.9 Å². The molecule has 1 aromatic heterocycles. The molecule has 0 saturated heterocycles. The molecule has 0 fully saturated rings. The lowest BCUT2D eigenvalue weighted by Crippen LogP contribution is -2.05. The second kappa shape index (κ2) is 6.97. The number of hydrogen-bond donors (Lipinski definition) is 0. The minimum atomic E-state index is 0.0940. The number of benzene rings is 2. The fourth-order valence-corrected chi connectivity index (χ4v) is 2.62. The van der Waals surface area contributed by atoms with E-state index >= 15 is 0 Å². The van der Waals surface area contributed by atoms with Crippen LogP contribution in [0.5, 0.6) is 5.75 Å². The van der Waals surface area contributed by atoms with Crippen molar-refractivity contribution in [1.29, 1.82) is 0 Å². The Balaban J connectivity index is 1.87. The number of aldehydes is 1. The summed E-state index contributed by atoms with van der Waals surface area (Å²) in [5.41, 5.74) is 2.18. The molecule has 6 heteroatoms. The van der Waals surface area contributed by atoms with Crippen molar-refractivity contribution in [3.05, 3.63) is 52.5 Å². The molecule has 1 heterocycles. The van der Waals surface area contributed by atoms with Gasteiger partial charge in [0, 0.05) is 16.7 Å². The first-order valence-electron chi connectivity index (χ1n) is 7.42. The molecule has 0 aliphatic heterocycles. The highest BCUT2D eigenvalue weighted by Crippen LogP contribution is 2.31. The summed E-state index contributed by atoms with van der Waals surface area (Å²) in [5.74, 6) is 1.65. The molecule has 0 saturated carbocycles. The third kappa shape index (κ3) is 3.54. The molecule has 0 bridgehead atoms. The Morgan fingerprint density at radius 2 is 1.83 bits per heavy atom. The first-order chi connectivity index (χ1) is 11.6. The smallest absolute Gasteiger partial charge is 0.258 e. The minimum absolute atomic E-state index is 0.0940. The Bertz CT molecular complexity index is 857. The van der Waals surface area contributed by atoms with Gasteiger partial charge in [0.25, 0.3) is 5.89 Å². The first kappa shape index (κ1) is 16.4. The molecule has 0 N–H and O–H groups in total. The van der Waals surface area contributed by atoms with Gasteiger partial charge >= 0.3 is 0 Å². The lowest BCUT2D eigenvalue weighted by Gasteiger charge is -2.11. The maximum absolute atomic E-state index is 10.7. The van der Waals surface area contributed by atoms with Crippen molar-refractivity contribution < 1.29 is 14.1 Å². The van der Waals surface area contributed by atoms with Crippen LogP contribution in [-0.2, 0) is 0 Å². The molecule has 122 valence electrons. The quantitative estimate of drug-likeness (QED) is 0.591. The van der Waals surface area contributed by atoms with E-state index in [0.717, 1.165) is 27.6 Å². The second-order valence-electron chi connectivity index (χ2n) is 5.47. The lowest BCUT2D eigenvalue weighted by atomic mass is 10.1. The summed E-state index contributed by atoms with van der Waals surface area (Å²) >= 11 is 3.49. The van der Waals surface area contributed by atoms with Crippen molar-refractivity contribution in [3.63, 3.8) is 0 Å². The van der Waals surface area contributed by atoms with Crippen molar-refractivity contribution in [2.45, 2.75) is 20.0 Å². The van der Waals surface area contributed by atoms with E-state index in [4.69, 9.17) is 9.26 Å². The van der Waals surface area contributed by atoms with Crippen LogP contribution in [0.25, 0.3) is 22.8 Å². The molecule has 5 nitrogen and oxygen atoms in total. The fourth-order valence-electron chi connectivity index (χ4n) is 2.15. The summed E-state index contributed by atoms with van der Waals surface area (Å²) in [7, 11) is 0. The average Bonchev–Trinajstić information content (AvgIpc) is 3.06. The fraction of sp³-hybridized carbons (Fsp3) is 0.167. The second-order valence-corrected chi connectivity index (χ2v) is 6.33. The van der Waals surface area contributed by atoms with E-state index in [0.29, 0.717) is 17.3 Å². The zero-order valence-electron chi connectivity index (χ0n) is 13.2. The zero-order chi connectivity index (χ0) is 17.1. The molecule has 0 unspecified atom stereocenters. The van der Waals surface area contributed by atoms with Gasteiger partial charge in [-0.3, -0.25) is 4.79 Å². The highest BCUT2D eigenvalue weighted by atomic mass is 79.9. The number of halogens is 1. The van der Waals surface area contributed by atoms with Crippen LogP contribution in [0, 0.1) is 0 Å². The van der Waals surface area contributed by atoms with Crippen LogP contribution in [0.4, 0.5) is 0 Å². The van der Waals surface area contributed by atoms with Gasteiger partial charge in [0.1, 0.15) is 12.0 Å². The molecule has 0 amide bonds. The molecule has 0 aliphatic carbocycles. The number of rotatable bonds is 5. The number of hydrogen-bond acceptors (Lipinski definition) is 5. The molecule has 24 heavy (non-hydrogen) atoms. The van der Waals surface area contributed by atoms with E-state index in [2.05, 4.69) is 26.1 Å². The van der Waals surface area contributed by atoms with E-state index in [9.17, 15) is 4.79 Å². The van der Waals surface area contributed by atoms with Crippen LogP contribution in [0.2, 0.25) is 0 Å². The minimum Gasteiger partial charge on any atom is -0.490 e. The van der Waals surface area contributed by atoms with Gasteiger partial charge in [0.15, 0.2) is 0 Å². The Kier molecular flexibility index (Phi) is 4.76. The number of aromatic nitrogens is 2. The molecule has 3 aromatic rings. The molecule has 0 aliphatic rings. The van der Waals surface area contributed by atoms with Crippen molar-refractivity contribution in [3.8, 4) is 28.6 Å². The highest BCUT2D eigenvalue weighted by Gasteiger charge is 2.13. The predicted molar refractivity (Wildman–Crippen MR) is 94.0 cm³/mol. The molecule has 0 atom stereocenters. The van der Waals surface area contributed by atoms with Gasteiger partial charge < -0.3 is 9.26 Å². The lowest BCUT2D eigenvalue weighted by molar-refractivity contribution is 0.112. The van der Waals surface area contributed by atoms with Gasteiger partial charge in [0.05, 0.1) is 10.6 Å². The SMILES string of the molecule is CC(C)Oc1ccc(-c2nc(-c3ccc(C=O)cc3)no2)cc1Br. The maximum Gasteiger partial charge on any atom is 0.258 e. The van der Waals surface area contributed by atoms with Gasteiger partial charge in [-0.1, -0.05) is 29.4 Å². The van der Waals surface area contributed by atoms with Crippen molar-refractivity contribution in [2.24, 2.45) is 0 Å². The number of carbonyl (C=O) groups excluding carboxylic acids is 1. The van der Waals surface area contributed by atoms with Gasteiger partial charge in [-0.25, -0.2) is 0 Å². The first-order valence-corrected chi connectivity index (χ1v) is 8.22. The van der Waals surface area contributed by atoms with Crippen molar-refractivity contribution in [2.75, 3.05) is 0 Å². The van der Waals surface area contributed by atoms with Crippen LogP contribution in [0.3, 0.4) is 0 Å². The highest BCUT2D eigenvalue weighted by molar-refractivity contribution is 9.10. The van der Waals surface area contributed by atoms with Gasteiger partial charge in [-0.05, 0) is 48.0 Å². The molecule has 2 aromatic carbocycles. The van der Waals surface area contributed by atoms with Crippen molar-refractivity contribution in [1.82, 2.24) is 10.1 Å². The van der Waals surface area contributed by atoms with Crippen molar-refractivity contribution >= 4 is 22.2 Å². The normalized spacial score (nSPS) is 10.8. The van der Waals surface area contributed by atoms with Crippen LogP contribution < -0.4 is 4.74 Å². The molecular formula is C18H15BrN2O3. The van der Waals surface area contributed by atoms with E-state index < -0.39 is 0 Å². The predicted octanol–water partition coefficient (Wildman–Crippen LogP) is 4.77. The van der Waals surface area contributed by atoms with Gasteiger partial charge in [-0.2, -0.15) is 4.98 Å². The van der Waals surface area contributed by atoms with E-state index in [1.165, 1.54) is 0 Å². The van der Waals surface area contributed by atoms with Gasteiger partial charge in [-0.15, -0.1) is 0 Å². The molecular weight excluding hydrogens is 372 g/mol. The Hall–Kier alpha value is -2.47. The summed E-state index contributed by atoms with van der Waals surface area (Å²) in [5, 5.41) is 4.00. The summed E-state index contributed by atoms with van der Waals surface area (Å²) in [6.45, 7) is 3.95. The average molecular weight is 387 g/mol. The Morgan fingerprint density at radius 3 is 2.46 bits per heavy atom. The number of carbonyl (C=O) groups is 1. The van der Waals surface area contributed by atoms with Crippen LogP contribution in [-0.4, -0.2) is 22.5 Å². The largest absolute Gasteiger partial charge is 0.490 e. The summed E-state index contributed by atoms with van der Waals surface area (Å²) < 4.78 is 11.9. The maximum atomic E-state index is 10.7. The summed E-state index contributed by atoms with van der Waals surface area (Å²) in [4.78, 5) is 15.1. The van der Waals surface area contributed by atoms with E-state index in [1.807, 2.05) is 32.0 Å². The third-order valence-corrected chi connectivity index (χ3v) is 3.89. The molecule has 3 rings (SSSR count). The third-order valence-electron chi connectivity index (χ3n) is 3.27. The van der Waals surface area contributed by atoms with Crippen LogP contribution in [0.1, 0.15) is 24.2 Å². The van der Waals surface area contributed by atoms with Crippen LogP contribution in [0.15, 0.2) is 51.5 Å². The van der Waals surface area contributed by atoms with E-state index in [-0.39, 0.29) is 6.10 Å². The Labute approximate surface area is 147 Å². The molecule has 0 radical (unpaired) electrons. The monoisotopic (exact) mass is 386 g/mol. The number of ether oxygens (including phenoxy) is 1. The standard InChI is InChI=1S/C18H15BrN2O3/c1-11(2)23-16-8-7-14(9-15(16)19)18-20-17(21-24-18)13-5-3-12(10-22)4-6-13/h3-11H,1-2H3. The topological polar surface area (TPSA) is 65.2 Å². The number of nitrogens with zero attached hydrogens (tertiary/aromatic N) is 2. The zero-order valence-corrected chi connectivity index (χ0v) is 14.8. The summed E-state index contributed by atoms with van der Waals surface area (Å²) in [6, 6.07) is 12.6. The van der Waals surface area contributed by atoms with Gasteiger partial charge in [0.2, 0.25) is 5.82 Å².